The van der Waals surface area contributed by atoms with Crippen molar-refractivity contribution < 1.29 is 14.3 Å². The lowest BCUT2D eigenvalue weighted by atomic mass is 10.0. The summed E-state index contributed by atoms with van der Waals surface area (Å²) in [5, 5.41) is 8.57. The maximum atomic E-state index is 13.0. The molecule has 5 heteroatoms. The van der Waals surface area contributed by atoms with Crippen molar-refractivity contribution in [1.82, 2.24) is 0 Å². The molecule has 0 saturated carbocycles. The van der Waals surface area contributed by atoms with Gasteiger partial charge in [-0.05, 0) is 56.3 Å². The third-order valence-electron chi connectivity index (χ3n) is 3.98. The first-order chi connectivity index (χ1) is 13.7. The van der Waals surface area contributed by atoms with Crippen LogP contribution in [0.2, 0.25) is 0 Å². The molecule has 3 rings (SSSR count). The maximum Gasteiger partial charge on any atom is 0.195 e. The van der Waals surface area contributed by atoms with Gasteiger partial charge in [0.2, 0.25) is 0 Å². The maximum absolute atomic E-state index is 13.0. The predicted molar refractivity (Wildman–Crippen MR) is 109 cm³/mol. The van der Waals surface area contributed by atoms with Gasteiger partial charge in [0.05, 0.1) is 30.2 Å². The normalized spacial score (nSPS) is 10.8. The molecule has 0 fully saturated rings. The van der Waals surface area contributed by atoms with Crippen LogP contribution in [0, 0.1) is 0 Å². The van der Waals surface area contributed by atoms with Crippen molar-refractivity contribution in [2.24, 2.45) is 10.2 Å². The van der Waals surface area contributed by atoms with Gasteiger partial charge >= 0.3 is 0 Å². The van der Waals surface area contributed by atoms with Crippen LogP contribution >= 0.6 is 0 Å². The molecule has 142 valence electrons. The summed E-state index contributed by atoms with van der Waals surface area (Å²) in [4.78, 5) is 13.0. The first-order valence-electron chi connectivity index (χ1n) is 9.22. The zero-order valence-corrected chi connectivity index (χ0v) is 16.0. The minimum Gasteiger partial charge on any atom is -0.494 e. The van der Waals surface area contributed by atoms with Crippen molar-refractivity contribution in [3.05, 3.63) is 83.9 Å². The van der Waals surface area contributed by atoms with E-state index < -0.39 is 0 Å². The topological polar surface area (TPSA) is 60.3 Å². The van der Waals surface area contributed by atoms with Gasteiger partial charge in [0.25, 0.3) is 0 Å². The van der Waals surface area contributed by atoms with E-state index >= 15 is 0 Å². The molecule has 0 atom stereocenters. The zero-order valence-electron chi connectivity index (χ0n) is 16.0. The molecule has 0 amide bonds. The number of carbonyl (C=O) groups is 1. The number of nitrogens with zero attached hydrogens (tertiary/aromatic N) is 2. The van der Waals surface area contributed by atoms with Crippen LogP contribution in [0.5, 0.6) is 11.5 Å². The molecule has 0 radical (unpaired) electrons. The minimum absolute atomic E-state index is 0.122. The number of ketones is 1. The van der Waals surface area contributed by atoms with Crippen LogP contribution in [0.3, 0.4) is 0 Å². The van der Waals surface area contributed by atoms with Gasteiger partial charge in [-0.25, -0.2) is 0 Å². The fourth-order valence-electron chi connectivity index (χ4n) is 2.67. The number of benzene rings is 3. The zero-order chi connectivity index (χ0) is 19.8. The standard InChI is InChI=1S/C23H22N2O3/c1-3-27-19-12-10-18(11-13-19)24-25-22-15-14-20(28-4-2)16-21(22)23(26)17-8-6-5-7-9-17/h5-16H,3-4H2,1-2H3. The van der Waals surface area contributed by atoms with E-state index in [0.29, 0.717) is 41.5 Å². The van der Waals surface area contributed by atoms with E-state index in [-0.39, 0.29) is 5.78 Å². The highest BCUT2D eigenvalue weighted by Gasteiger charge is 2.15. The second-order valence-corrected chi connectivity index (χ2v) is 5.93. The average Bonchev–Trinajstić information content (AvgIpc) is 2.74. The molecule has 0 N–H and O–H groups in total. The lowest BCUT2D eigenvalue weighted by molar-refractivity contribution is 0.103. The number of hydrogen-bond acceptors (Lipinski definition) is 5. The van der Waals surface area contributed by atoms with Crippen LogP contribution in [-0.4, -0.2) is 19.0 Å². The first kappa shape index (κ1) is 19.3. The van der Waals surface area contributed by atoms with Crippen molar-refractivity contribution in [3.63, 3.8) is 0 Å². The Morgan fingerprint density at radius 3 is 2.11 bits per heavy atom. The summed E-state index contributed by atoms with van der Waals surface area (Å²) in [6.07, 6.45) is 0. The Balaban J connectivity index is 1.92. The second kappa shape index (κ2) is 9.46. The van der Waals surface area contributed by atoms with Crippen molar-refractivity contribution in [2.45, 2.75) is 13.8 Å². The van der Waals surface area contributed by atoms with E-state index in [1.807, 2.05) is 56.3 Å². The van der Waals surface area contributed by atoms with Crippen LogP contribution < -0.4 is 9.47 Å². The number of carbonyl (C=O) groups excluding carboxylic acids is 1. The highest BCUT2D eigenvalue weighted by molar-refractivity contribution is 6.12. The molecule has 0 heterocycles. The molecule has 3 aromatic rings. The summed E-state index contributed by atoms with van der Waals surface area (Å²) in [5.41, 5.74) is 2.21. The number of rotatable bonds is 8. The molecule has 0 aliphatic carbocycles. The quantitative estimate of drug-likeness (QED) is 0.352. The Morgan fingerprint density at radius 2 is 1.43 bits per heavy atom. The smallest absolute Gasteiger partial charge is 0.195 e. The number of hydrogen-bond donors (Lipinski definition) is 0. The Bertz CT molecular complexity index is 951. The Morgan fingerprint density at radius 1 is 0.786 bits per heavy atom. The van der Waals surface area contributed by atoms with Gasteiger partial charge < -0.3 is 9.47 Å². The summed E-state index contributed by atoms with van der Waals surface area (Å²) in [5.74, 6) is 1.28. The molecule has 0 unspecified atom stereocenters. The van der Waals surface area contributed by atoms with E-state index in [1.165, 1.54) is 0 Å². The van der Waals surface area contributed by atoms with Gasteiger partial charge in [-0.3, -0.25) is 4.79 Å². The fraction of sp³-hybridized carbons (Fsp3) is 0.174. The molecule has 0 saturated heterocycles. The third-order valence-corrected chi connectivity index (χ3v) is 3.98. The van der Waals surface area contributed by atoms with E-state index in [0.717, 1.165) is 5.75 Å². The van der Waals surface area contributed by atoms with Crippen LogP contribution in [0.1, 0.15) is 29.8 Å². The van der Waals surface area contributed by atoms with E-state index in [9.17, 15) is 4.79 Å². The van der Waals surface area contributed by atoms with Crippen LogP contribution in [0.4, 0.5) is 11.4 Å². The summed E-state index contributed by atoms with van der Waals surface area (Å²) >= 11 is 0. The molecule has 5 nitrogen and oxygen atoms in total. The van der Waals surface area contributed by atoms with Crippen molar-refractivity contribution in [3.8, 4) is 11.5 Å². The molecule has 28 heavy (non-hydrogen) atoms. The van der Waals surface area contributed by atoms with Crippen molar-refractivity contribution >= 4 is 17.2 Å². The molecular weight excluding hydrogens is 352 g/mol. The van der Waals surface area contributed by atoms with Crippen molar-refractivity contribution in [1.29, 1.82) is 0 Å². The second-order valence-electron chi connectivity index (χ2n) is 5.93. The SMILES string of the molecule is CCOc1ccc(N=Nc2ccc(OCC)cc2C(=O)c2ccccc2)cc1. The molecule has 0 aliphatic rings. The van der Waals surface area contributed by atoms with E-state index in [2.05, 4.69) is 10.2 Å². The molecule has 0 spiro atoms. The molecule has 3 aromatic carbocycles. The Kier molecular flexibility index (Phi) is 6.52. The van der Waals surface area contributed by atoms with E-state index in [1.54, 1.807) is 30.3 Å². The Hall–Kier alpha value is -3.47. The van der Waals surface area contributed by atoms with Gasteiger partial charge in [-0.1, -0.05) is 30.3 Å². The van der Waals surface area contributed by atoms with Gasteiger partial charge in [-0.2, -0.15) is 5.11 Å². The van der Waals surface area contributed by atoms with Crippen LogP contribution in [0.15, 0.2) is 83.0 Å². The largest absolute Gasteiger partial charge is 0.494 e. The lowest BCUT2D eigenvalue weighted by Gasteiger charge is -2.08. The summed E-state index contributed by atoms with van der Waals surface area (Å²) < 4.78 is 11.0. The van der Waals surface area contributed by atoms with Crippen LogP contribution in [0.25, 0.3) is 0 Å². The molecule has 0 aromatic heterocycles. The minimum atomic E-state index is -0.122. The van der Waals surface area contributed by atoms with Crippen molar-refractivity contribution in [2.75, 3.05) is 13.2 Å². The fourth-order valence-corrected chi connectivity index (χ4v) is 2.67. The monoisotopic (exact) mass is 374 g/mol. The van der Waals surface area contributed by atoms with E-state index in [4.69, 9.17) is 9.47 Å². The number of azo groups is 1. The van der Waals surface area contributed by atoms with Crippen LogP contribution in [-0.2, 0) is 0 Å². The van der Waals surface area contributed by atoms with Gasteiger partial charge in [0, 0.05) is 5.56 Å². The highest BCUT2D eigenvalue weighted by Crippen LogP contribution is 2.29. The van der Waals surface area contributed by atoms with Gasteiger partial charge in [-0.15, -0.1) is 5.11 Å². The summed E-state index contributed by atoms with van der Waals surface area (Å²) in [6, 6.07) is 21.7. The average molecular weight is 374 g/mol. The Labute approximate surface area is 164 Å². The summed E-state index contributed by atoms with van der Waals surface area (Å²) in [7, 11) is 0. The van der Waals surface area contributed by atoms with Gasteiger partial charge in [0.15, 0.2) is 5.78 Å². The third kappa shape index (κ3) is 4.82. The van der Waals surface area contributed by atoms with Gasteiger partial charge in [0.1, 0.15) is 11.5 Å². The number of ether oxygens (including phenoxy) is 2. The molecule has 0 aliphatic heterocycles. The lowest BCUT2D eigenvalue weighted by Crippen LogP contribution is -2.02. The summed E-state index contributed by atoms with van der Waals surface area (Å²) in [6.45, 7) is 4.97. The predicted octanol–water partition coefficient (Wildman–Crippen LogP) is 6.13. The highest BCUT2D eigenvalue weighted by atomic mass is 16.5. The molecule has 0 bridgehead atoms. The molecular formula is C23H22N2O3. The first-order valence-corrected chi connectivity index (χ1v) is 9.22.